The number of nitrogens with zero attached hydrogens (tertiary/aromatic N) is 3. The molecule has 1 aliphatic rings. The van der Waals surface area contributed by atoms with Crippen molar-refractivity contribution in [3.63, 3.8) is 0 Å². The highest BCUT2D eigenvalue weighted by Gasteiger charge is 2.40. The van der Waals surface area contributed by atoms with Crippen LogP contribution in [0.4, 0.5) is 0 Å². The van der Waals surface area contributed by atoms with E-state index in [9.17, 15) is 4.79 Å². The van der Waals surface area contributed by atoms with Gasteiger partial charge in [-0.1, -0.05) is 12.0 Å². The first kappa shape index (κ1) is 9.86. The summed E-state index contributed by atoms with van der Waals surface area (Å²) in [6, 6.07) is 0. The molecule has 0 unspecified atom stereocenters. The lowest BCUT2D eigenvalue weighted by molar-refractivity contribution is -0.144. The fourth-order valence-corrected chi connectivity index (χ4v) is 1.68. The average Bonchev–Trinajstić information content (AvgIpc) is 2.09. The summed E-state index contributed by atoms with van der Waals surface area (Å²) in [7, 11) is 0. The second-order valence-electron chi connectivity index (χ2n) is 3.71. The van der Waals surface area contributed by atoms with Crippen LogP contribution in [0.2, 0.25) is 0 Å². The number of carbonyl (C=O) groups is 1. The Morgan fingerprint density at radius 1 is 1.62 bits per heavy atom. The Labute approximate surface area is 76.4 Å². The van der Waals surface area contributed by atoms with Gasteiger partial charge in [0.05, 0.1) is 0 Å². The number of carboxylic acid groups (broad SMARTS) is 1. The number of azide groups is 1. The molecule has 0 atom stereocenters. The van der Waals surface area contributed by atoms with E-state index in [2.05, 4.69) is 16.9 Å². The third-order valence-corrected chi connectivity index (χ3v) is 2.74. The molecular formula is C8H13N3O2. The normalized spacial score (nSPS) is 33.5. The molecule has 72 valence electrons. The van der Waals surface area contributed by atoms with Crippen molar-refractivity contribution in [1.82, 2.24) is 0 Å². The molecule has 0 saturated heterocycles. The van der Waals surface area contributed by atoms with Crippen LogP contribution in [0.1, 0.15) is 32.6 Å². The summed E-state index contributed by atoms with van der Waals surface area (Å²) in [5, 5.41) is 12.4. The maximum absolute atomic E-state index is 10.9. The monoisotopic (exact) mass is 183 g/mol. The lowest BCUT2D eigenvalue weighted by Gasteiger charge is -2.31. The van der Waals surface area contributed by atoms with Crippen molar-refractivity contribution in [2.75, 3.05) is 0 Å². The SMILES string of the molecule is CC1CCC(N=[N+]=[N-])(C(=O)O)CC1. The van der Waals surface area contributed by atoms with Crippen molar-refractivity contribution in [3.8, 4) is 0 Å². The molecule has 1 fully saturated rings. The van der Waals surface area contributed by atoms with E-state index >= 15 is 0 Å². The lowest BCUT2D eigenvalue weighted by atomic mass is 9.78. The van der Waals surface area contributed by atoms with E-state index in [4.69, 9.17) is 10.6 Å². The molecule has 1 saturated carbocycles. The van der Waals surface area contributed by atoms with Gasteiger partial charge in [-0.25, -0.2) is 0 Å². The van der Waals surface area contributed by atoms with Gasteiger partial charge in [0.2, 0.25) is 0 Å². The Morgan fingerprint density at radius 2 is 2.15 bits per heavy atom. The summed E-state index contributed by atoms with van der Waals surface area (Å²) in [6.07, 6.45) is 2.58. The number of aliphatic carboxylic acids is 1. The zero-order chi connectivity index (χ0) is 9.90. The van der Waals surface area contributed by atoms with Gasteiger partial charge in [0.15, 0.2) is 0 Å². The first-order valence-corrected chi connectivity index (χ1v) is 4.40. The van der Waals surface area contributed by atoms with E-state index in [1.54, 1.807) is 0 Å². The first-order chi connectivity index (χ1) is 6.10. The second-order valence-corrected chi connectivity index (χ2v) is 3.71. The number of rotatable bonds is 2. The predicted molar refractivity (Wildman–Crippen MR) is 47.1 cm³/mol. The molecule has 0 bridgehead atoms. The van der Waals surface area contributed by atoms with Crippen molar-refractivity contribution >= 4 is 5.97 Å². The molecule has 0 aromatic heterocycles. The van der Waals surface area contributed by atoms with E-state index in [0.29, 0.717) is 18.8 Å². The molecule has 0 heterocycles. The molecule has 13 heavy (non-hydrogen) atoms. The van der Waals surface area contributed by atoms with Gasteiger partial charge in [0.1, 0.15) is 5.54 Å². The van der Waals surface area contributed by atoms with Crippen LogP contribution in [-0.2, 0) is 4.79 Å². The molecule has 1 aliphatic carbocycles. The van der Waals surface area contributed by atoms with Crippen molar-refractivity contribution in [2.45, 2.75) is 38.1 Å². The summed E-state index contributed by atoms with van der Waals surface area (Å²) < 4.78 is 0. The molecule has 0 spiro atoms. The zero-order valence-corrected chi connectivity index (χ0v) is 7.60. The Bertz CT molecular complexity index is 246. The number of carboxylic acids is 1. The van der Waals surface area contributed by atoms with Crippen molar-refractivity contribution < 1.29 is 9.90 Å². The van der Waals surface area contributed by atoms with E-state index in [0.717, 1.165) is 12.8 Å². The van der Waals surface area contributed by atoms with E-state index < -0.39 is 11.5 Å². The summed E-state index contributed by atoms with van der Waals surface area (Å²) in [6.45, 7) is 2.09. The fraction of sp³-hybridized carbons (Fsp3) is 0.875. The van der Waals surface area contributed by atoms with Crippen LogP contribution in [0.3, 0.4) is 0 Å². The third-order valence-electron chi connectivity index (χ3n) is 2.74. The molecule has 5 heteroatoms. The van der Waals surface area contributed by atoms with Crippen LogP contribution in [-0.4, -0.2) is 16.6 Å². The van der Waals surface area contributed by atoms with Crippen LogP contribution >= 0.6 is 0 Å². The van der Waals surface area contributed by atoms with Gasteiger partial charge in [-0.15, -0.1) is 0 Å². The lowest BCUT2D eigenvalue weighted by Crippen LogP contribution is -2.39. The topological polar surface area (TPSA) is 86.1 Å². The Kier molecular flexibility index (Phi) is 2.78. The van der Waals surface area contributed by atoms with Gasteiger partial charge >= 0.3 is 5.97 Å². The maximum Gasteiger partial charge on any atom is 0.315 e. The minimum atomic E-state index is -1.17. The number of hydrogen-bond acceptors (Lipinski definition) is 2. The average molecular weight is 183 g/mol. The molecule has 1 rings (SSSR count). The Hall–Kier alpha value is -1.22. The Morgan fingerprint density at radius 3 is 2.54 bits per heavy atom. The summed E-state index contributed by atoms with van der Waals surface area (Å²) in [5.41, 5.74) is 7.13. The van der Waals surface area contributed by atoms with Gasteiger partial charge in [0, 0.05) is 4.91 Å². The van der Waals surface area contributed by atoms with Crippen molar-refractivity contribution in [3.05, 3.63) is 10.4 Å². The highest BCUT2D eigenvalue weighted by Crippen LogP contribution is 2.35. The molecule has 0 amide bonds. The van der Waals surface area contributed by atoms with E-state index in [-0.39, 0.29) is 0 Å². The molecule has 0 aromatic rings. The summed E-state index contributed by atoms with van der Waals surface area (Å²) in [4.78, 5) is 13.5. The van der Waals surface area contributed by atoms with Gasteiger partial charge in [0.25, 0.3) is 0 Å². The largest absolute Gasteiger partial charge is 0.481 e. The van der Waals surface area contributed by atoms with Gasteiger partial charge in [-0.05, 0) is 37.1 Å². The zero-order valence-electron chi connectivity index (χ0n) is 7.60. The van der Waals surface area contributed by atoms with Crippen LogP contribution in [0.5, 0.6) is 0 Å². The fourth-order valence-electron chi connectivity index (χ4n) is 1.68. The smallest absolute Gasteiger partial charge is 0.315 e. The maximum atomic E-state index is 10.9. The van der Waals surface area contributed by atoms with Crippen LogP contribution in [0, 0.1) is 5.92 Å². The van der Waals surface area contributed by atoms with Crippen molar-refractivity contribution in [2.24, 2.45) is 11.0 Å². The van der Waals surface area contributed by atoms with Gasteiger partial charge < -0.3 is 5.11 Å². The molecule has 0 aromatic carbocycles. The molecule has 5 nitrogen and oxygen atoms in total. The van der Waals surface area contributed by atoms with Crippen LogP contribution < -0.4 is 0 Å². The third kappa shape index (κ3) is 1.92. The Balaban J connectivity index is 2.81. The predicted octanol–water partition coefficient (Wildman–Crippen LogP) is 2.33. The second kappa shape index (κ2) is 3.66. The van der Waals surface area contributed by atoms with E-state index in [1.807, 2.05) is 0 Å². The van der Waals surface area contributed by atoms with Gasteiger partial charge in [-0.3, -0.25) is 4.79 Å². The minimum absolute atomic E-state index is 0.466. The highest BCUT2D eigenvalue weighted by molar-refractivity contribution is 5.79. The quantitative estimate of drug-likeness (QED) is 0.404. The first-order valence-electron chi connectivity index (χ1n) is 4.40. The molecular weight excluding hydrogens is 170 g/mol. The standard InChI is InChI=1S/C8H13N3O2/c1-6-2-4-8(5-3-6,7(12)13)10-11-9/h6H,2-5H2,1H3,(H,12,13). The van der Waals surface area contributed by atoms with Crippen LogP contribution in [0.15, 0.2) is 5.11 Å². The van der Waals surface area contributed by atoms with Gasteiger partial charge in [-0.2, -0.15) is 0 Å². The minimum Gasteiger partial charge on any atom is -0.481 e. The molecule has 0 aliphatic heterocycles. The summed E-state index contributed by atoms with van der Waals surface area (Å²) in [5.74, 6) is -0.446. The van der Waals surface area contributed by atoms with Crippen LogP contribution in [0.25, 0.3) is 10.4 Å². The summed E-state index contributed by atoms with van der Waals surface area (Å²) >= 11 is 0. The number of hydrogen-bond donors (Lipinski definition) is 1. The molecule has 1 N–H and O–H groups in total. The molecule has 0 radical (unpaired) electrons. The van der Waals surface area contributed by atoms with E-state index in [1.165, 1.54) is 0 Å². The van der Waals surface area contributed by atoms with Crippen molar-refractivity contribution in [1.29, 1.82) is 0 Å². The highest BCUT2D eigenvalue weighted by atomic mass is 16.4.